The fourth-order valence-corrected chi connectivity index (χ4v) is 2.85. The van der Waals surface area contributed by atoms with E-state index < -0.39 is 12.0 Å². The van der Waals surface area contributed by atoms with Crippen molar-refractivity contribution in [2.75, 3.05) is 7.11 Å². The van der Waals surface area contributed by atoms with E-state index in [2.05, 4.69) is 10.6 Å². The number of thiocarbonyl (C=S) groups is 1. The lowest BCUT2D eigenvalue weighted by Crippen LogP contribution is -2.45. The van der Waals surface area contributed by atoms with Gasteiger partial charge in [-0.05, 0) is 35.5 Å². The van der Waals surface area contributed by atoms with E-state index in [4.69, 9.17) is 17.0 Å². The molecule has 2 aromatic carbocycles. The topological polar surface area (TPSA) is 50.4 Å². The highest BCUT2D eigenvalue weighted by atomic mass is 32.1. The summed E-state index contributed by atoms with van der Waals surface area (Å²) < 4.78 is 18.2. The molecule has 0 aliphatic carbocycles. The second-order valence-corrected chi connectivity index (χ2v) is 5.64. The fraction of sp³-hybridized carbons (Fsp3) is 0.111. The largest absolute Gasteiger partial charge is 0.466 e. The van der Waals surface area contributed by atoms with Gasteiger partial charge in [0.25, 0.3) is 0 Å². The molecule has 0 radical (unpaired) electrons. The highest BCUT2D eigenvalue weighted by Crippen LogP contribution is 2.31. The van der Waals surface area contributed by atoms with Crippen molar-refractivity contribution in [3.05, 3.63) is 77.1 Å². The van der Waals surface area contributed by atoms with Gasteiger partial charge in [0.1, 0.15) is 5.82 Å². The maximum Gasteiger partial charge on any atom is 0.338 e. The molecule has 3 rings (SSSR count). The number of ether oxygens (including phenoxy) is 1. The molecule has 0 aromatic heterocycles. The van der Waals surface area contributed by atoms with Crippen molar-refractivity contribution in [1.82, 2.24) is 10.6 Å². The SMILES string of the molecule is COC(=O)C1=C(c2ccccc2)NC(=S)N[C@@H]1c1ccc(F)cc1. The summed E-state index contributed by atoms with van der Waals surface area (Å²) in [7, 11) is 1.33. The van der Waals surface area contributed by atoms with Crippen LogP contribution in [-0.4, -0.2) is 18.2 Å². The molecule has 4 nitrogen and oxygen atoms in total. The Balaban J connectivity index is 2.17. The van der Waals surface area contributed by atoms with Crippen LogP contribution in [0.25, 0.3) is 5.70 Å². The van der Waals surface area contributed by atoms with Crippen LogP contribution in [0.1, 0.15) is 17.2 Å². The Bertz CT molecular complexity index is 804. The van der Waals surface area contributed by atoms with Gasteiger partial charge in [-0.25, -0.2) is 9.18 Å². The Labute approximate surface area is 144 Å². The van der Waals surface area contributed by atoms with Crippen molar-refractivity contribution < 1.29 is 13.9 Å². The second kappa shape index (κ2) is 6.80. The highest BCUT2D eigenvalue weighted by molar-refractivity contribution is 7.80. The predicted molar refractivity (Wildman–Crippen MR) is 93.4 cm³/mol. The third-order valence-electron chi connectivity index (χ3n) is 3.74. The number of nitrogens with one attached hydrogen (secondary N) is 2. The molecule has 1 aliphatic heterocycles. The number of rotatable bonds is 3. The highest BCUT2D eigenvalue weighted by Gasteiger charge is 2.32. The number of halogens is 1. The summed E-state index contributed by atoms with van der Waals surface area (Å²) in [5.41, 5.74) is 2.51. The number of carbonyl (C=O) groups is 1. The molecule has 0 bridgehead atoms. The minimum atomic E-state index is -0.526. The normalized spacial score (nSPS) is 17.1. The van der Waals surface area contributed by atoms with Crippen LogP contribution in [-0.2, 0) is 9.53 Å². The van der Waals surface area contributed by atoms with Crippen molar-refractivity contribution >= 4 is 29.0 Å². The van der Waals surface area contributed by atoms with Crippen molar-refractivity contribution in [2.45, 2.75) is 6.04 Å². The Kier molecular flexibility index (Phi) is 4.57. The molecular weight excluding hydrogens is 327 g/mol. The van der Waals surface area contributed by atoms with E-state index in [0.29, 0.717) is 21.9 Å². The minimum absolute atomic E-state index is 0.345. The van der Waals surface area contributed by atoms with E-state index in [-0.39, 0.29) is 5.82 Å². The molecule has 0 unspecified atom stereocenters. The molecule has 6 heteroatoms. The van der Waals surface area contributed by atoms with Crippen LogP contribution in [0, 0.1) is 5.82 Å². The van der Waals surface area contributed by atoms with Gasteiger partial charge in [0.2, 0.25) is 0 Å². The molecule has 0 saturated heterocycles. The summed E-state index contributed by atoms with van der Waals surface area (Å²) in [4.78, 5) is 12.4. The first kappa shape index (κ1) is 16.1. The quantitative estimate of drug-likeness (QED) is 0.663. The number of carbonyl (C=O) groups excluding carboxylic acids is 1. The third kappa shape index (κ3) is 3.14. The summed E-state index contributed by atoms with van der Waals surface area (Å²) in [6.45, 7) is 0. The van der Waals surface area contributed by atoms with Gasteiger partial charge in [-0.3, -0.25) is 0 Å². The number of methoxy groups -OCH3 is 1. The molecule has 2 N–H and O–H groups in total. The summed E-state index contributed by atoms with van der Waals surface area (Å²) in [5, 5.41) is 6.48. The monoisotopic (exact) mass is 342 g/mol. The molecule has 24 heavy (non-hydrogen) atoms. The van der Waals surface area contributed by atoms with Crippen LogP contribution >= 0.6 is 12.2 Å². The molecular formula is C18H15FN2O2S. The zero-order valence-corrected chi connectivity index (χ0v) is 13.7. The van der Waals surface area contributed by atoms with Gasteiger partial charge in [0.05, 0.1) is 24.4 Å². The summed E-state index contributed by atoms with van der Waals surface area (Å²) >= 11 is 5.28. The van der Waals surface area contributed by atoms with Crippen LogP contribution in [0.2, 0.25) is 0 Å². The second-order valence-electron chi connectivity index (χ2n) is 5.23. The molecule has 1 aliphatic rings. The standard InChI is InChI=1S/C18H15FN2O2S/c1-23-17(22)14-15(11-5-3-2-4-6-11)20-18(24)21-16(14)12-7-9-13(19)10-8-12/h2-10,16H,1H3,(H2,20,21,24)/t16-/m1/s1. The molecule has 1 heterocycles. The van der Waals surface area contributed by atoms with Gasteiger partial charge in [-0.1, -0.05) is 42.5 Å². The molecule has 0 amide bonds. The third-order valence-corrected chi connectivity index (χ3v) is 3.96. The first-order valence-electron chi connectivity index (χ1n) is 7.31. The smallest absolute Gasteiger partial charge is 0.338 e. The Morgan fingerprint density at radius 2 is 1.79 bits per heavy atom. The average Bonchev–Trinajstić information content (AvgIpc) is 2.61. The lowest BCUT2D eigenvalue weighted by molar-refractivity contribution is -0.136. The predicted octanol–water partition coefficient (Wildman–Crippen LogP) is 2.93. The zero-order valence-electron chi connectivity index (χ0n) is 12.9. The minimum Gasteiger partial charge on any atom is -0.466 e. The van der Waals surface area contributed by atoms with Gasteiger partial charge >= 0.3 is 5.97 Å². The van der Waals surface area contributed by atoms with Crippen LogP contribution < -0.4 is 10.6 Å². The fourth-order valence-electron chi connectivity index (χ4n) is 2.63. The average molecular weight is 342 g/mol. The van der Waals surface area contributed by atoms with Crippen LogP contribution in [0.3, 0.4) is 0 Å². The van der Waals surface area contributed by atoms with Gasteiger partial charge in [-0.2, -0.15) is 0 Å². The van der Waals surface area contributed by atoms with Crippen molar-refractivity contribution in [3.8, 4) is 0 Å². The van der Waals surface area contributed by atoms with E-state index in [1.165, 1.54) is 19.2 Å². The summed E-state index contributed by atoms with van der Waals surface area (Å²) in [6.07, 6.45) is 0. The van der Waals surface area contributed by atoms with Gasteiger partial charge < -0.3 is 15.4 Å². The lowest BCUT2D eigenvalue weighted by atomic mass is 9.93. The van der Waals surface area contributed by atoms with E-state index in [0.717, 1.165) is 5.56 Å². The number of benzene rings is 2. The Morgan fingerprint density at radius 1 is 1.12 bits per heavy atom. The summed E-state index contributed by atoms with van der Waals surface area (Å²) in [6, 6.07) is 14.8. The van der Waals surface area contributed by atoms with Crippen molar-refractivity contribution in [3.63, 3.8) is 0 Å². The van der Waals surface area contributed by atoms with Crippen LogP contribution in [0.5, 0.6) is 0 Å². The summed E-state index contributed by atoms with van der Waals surface area (Å²) in [5.74, 6) is -0.826. The molecule has 0 fully saturated rings. The Morgan fingerprint density at radius 3 is 2.42 bits per heavy atom. The van der Waals surface area contributed by atoms with Crippen molar-refractivity contribution in [2.24, 2.45) is 0 Å². The van der Waals surface area contributed by atoms with Crippen molar-refractivity contribution in [1.29, 1.82) is 0 Å². The number of hydrogen-bond donors (Lipinski definition) is 2. The molecule has 122 valence electrons. The maximum atomic E-state index is 13.2. The van der Waals surface area contributed by atoms with Gasteiger partial charge in [0, 0.05) is 0 Å². The first-order chi connectivity index (χ1) is 11.6. The van der Waals surface area contributed by atoms with E-state index in [9.17, 15) is 9.18 Å². The van der Waals surface area contributed by atoms with Gasteiger partial charge in [0.15, 0.2) is 5.11 Å². The lowest BCUT2D eigenvalue weighted by Gasteiger charge is -2.31. The number of hydrogen-bond acceptors (Lipinski definition) is 3. The molecule has 0 spiro atoms. The molecule has 1 atom stereocenters. The first-order valence-corrected chi connectivity index (χ1v) is 7.72. The van der Waals surface area contributed by atoms with Crippen LogP contribution in [0.15, 0.2) is 60.2 Å². The molecule has 2 aromatic rings. The van der Waals surface area contributed by atoms with E-state index >= 15 is 0 Å². The van der Waals surface area contributed by atoms with E-state index in [1.807, 2.05) is 30.3 Å². The number of esters is 1. The van der Waals surface area contributed by atoms with Gasteiger partial charge in [-0.15, -0.1) is 0 Å². The molecule has 0 saturated carbocycles. The maximum absolute atomic E-state index is 13.2. The Hall–Kier alpha value is -2.73. The van der Waals surface area contributed by atoms with Crippen LogP contribution in [0.4, 0.5) is 4.39 Å². The van der Waals surface area contributed by atoms with E-state index in [1.54, 1.807) is 12.1 Å². The zero-order chi connectivity index (χ0) is 17.1.